The molecule has 0 aliphatic carbocycles. The number of thioether (sulfide) groups is 1. The van der Waals surface area contributed by atoms with Gasteiger partial charge < -0.3 is 10.6 Å². The van der Waals surface area contributed by atoms with Crippen molar-refractivity contribution in [2.24, 2.45) is 4.99 Å². The highest BCUT2D eigenvalue weighted by molar-refractivity contribution is 7.98. The monoisotopic (exact) mass is 275 g/mol. The van der Waals surface area contributed by atoms with E-state index in [1.54, 1.807) is 11.8 Å². The lowest BCUT2D eigenvalue weighted by atomic mass is 10.1. The van der Waals surface area contributed by atoms with Gasteiger partial charge in [0.1, 0.15) is 0 Å². The molecule has 1 rings (SSSR count). The van der Waals surface area contributed by atoms with Crippen LogP contribution in [0, 0.1) is 19.3 Å². The fraction of sp³-hybridized carbons (Fsp3) is 0.400. The molecule has 1 aromatic carbocycles. The molecule has 0 amide bonds. The summed E-state index contributed by atoms with van der Waals surface area (Å²) in [6, 6.07) is 6.44. The van der Waals surface area contributed by atoms with Gasteiger partial charge in [0.05, 0.1) is 13.1 Å². The van der Waals surface area contributed by atoms with Crippen LogP contribution in [0.25, 0.3) is 0 Å². The first-order chi connectivity index (χ1) is 9.21. The SMILES string of the molecule is C#CCNC(=NCc1ccc(C)cc1SC)NCC. The average Bonchev–Trinajstić information content (AvgIpc) is 2.42. The normalized spacial score (nSPS) is 10.9. The van der Waals surface area contributed by atoms with E-state index in [1.165, 1.54) is 16.0 Å². The van der Waals surface area contributed by atoms with Crippen LogP contribution < -0.4 is 10.6 Å². The molecule has 0 unspecified atom stereocenters. The first kappa shape index (κ1) is 15.5. The average molecular weight is 275 g/mol. The molecule has 0 atom stereocenters. The molecule has 0 aromatic heterocycles. The van der Waals surface area contributed by atoms with Crippen LogP contribution in [0.3, 0.4) is 0 Å². The lowest BCUT2D eigenvalue weighted by Gasteiger charge is -2.10. The summed E-state index contributed by atoms with van der Waals surface area (Å²) >= 11 is 1.75. The van der Waals surface area contributed by atoms with Gasteiger partial charge in [0.25, 0.3) is 0 Å². The van der Waals surface area contributed by atoms with Crippen LogP contribution in [-0.4, -0.2) is 25.3 Å². The number of aryl methyl sites for hydroxylation is 1. The number of aliphatic imine (C=N–C) groups is 1. The number of nitrogens with zero attached hydrogens (tertiary/aromatic N) is 1. The Kier molecular flexibility index (Phi) is 6.91. The standard InChI is InChI=1S/C15H21N3S/c1-5-9-17-15(16-6-2)18-11-13-8-7-12(3)10-14(13)19-4/h1,7-8,10H,6,9,11H2,2-4H3,(H2,16,17,18). The number of benzene rings is 1. The van der Waals surface area contributed by atoms with Crippen LogP contribution in [0.15, 0.2) is 28.1 Å². The van der Waals surface area contributed by atoms with E-state index >= 15 is 0 Å². The van der Waals surface area contributed by atoms with Crippen LogP contribution in [0.5, 0.6) is 0 Å². The van der Waals surface area contributed by atoms with Crippen molar-refractivity contribution in [2.75, 3.05) is 19.3 Å². The number of hydrogen-bond donors (Lipinski definition) is 2. The van der Waals surface area contributed by atoms with Gasteiger partial charge in [-0.1, -0.05) is 18.1 Å². The van der Waals surface area contributed by atoms with E-state index in [4.69, 9.17) is 6.42 Å². The molecule has 0 spiro atoms. The predicted molar refractivity (Wildman–Crippen MR) is 84.6 cm³/mol. The maximum absolute atomic E-state index is 5.24. The molecule has 4 heteroatoms. The summed E-state index contributed by atoms with van der Waals surface area (Å²) in [4.78, 5) is 5.82. The van der Waals surface area contributed by atoms with Gasteiger partial charge in [-0.3, -0.25) is 0 Å². The second-order valence-electron chi connectivity index (χ2n) is 4.07. The highest BCUT2D eigenvalue weighted by Crippen LogP contribution is 2.22. The number of nitrogens with one attached hydrogen (secondary N) is 2. The topological polar surface area (TPSA) is 36.4 Å². The molecule has 0 aliphatic heterocycles. The fourth-order valence-electron chi connectivity index (χ4n) is 1.62. The van der Waals surface area contributed by atoms with Crippen molar-refractivity contribution in [3.63, 3.8) is 0 Å². The fourth-order valence-corrected chi connectivity index (χ4v) is 2.32. The molecule has 0 aliphatic rings. The summed E-state index contributed by atoms with van der Waals surface area (Å²) in [5.41, 5.74) is 2.51. The van der Waals surface area contributed by atoms with Gasteiger partial charge in [-0.15, -0.1) is 18.2 Å². The molecule has 1 aromatic rings. The number of rotatable bonds is 5. The second kappa shape index (κ2) is 8.49. The van der Waals surface area contributed by atoms with Gasteiger partial charge in [-0.05, 0) is 37.3 Å². The summed E-state index contributed by atoms with van der Waals surface area (Å²) in [5, 5.41) is 6.26. The van der Waals surface area contributed by atoms with E-state index in [9.17, 15) is 0 Å². The zero-order valence-electron chi connectivity index (χ0n) is 11.8. The third-order valence-corrected chi connectivity index (χ3v) is 3.37. The summed E-state index contributed by atoms with van der Waals surface area (Å²) in [7, 11) is 0. The Morgan fingerprint density at radius 1 is 1.42 bits per heavy atom. The van der Waals surface area contributed by atoms with Crippen molar-refractivity contribution in [3.05, 3.63) is 29.3 Å². The van der Waals surface area contributed by atoms with Gasteiger partial charge in [0, 0.05) is 11.4 Å². The summed E-state index contributed by atoms with van der Waals surface area (Å²) < 4.78 is 0. The highest BCUT2D eigenvalue weighted by atomic mass is 32.2. The molecule has 2 N–H and O–H groups in total. The van der Waals surface area contributed by atoms with E-state index in [2.05, 4.69) is 52.9 Å². The van der Waals surface area contributed by atoms with Crippen LogP contribution >= 0.6 is 11.8 Å². The van der Waals surface area contributed by atoms with Crippen molar-refractivity contribution in [1.29, 1.82) is 0 Å². The Balaban J connectivity index is 2.79. The first-order valence-corrected chi connectivity index (χ1v) is 7.52. The number of hydrogen-bond acceptors (Lipinski definition) is 2. The first-order valence-electron chi connectivity index (χ1n) is 6.30. The summed E-state index contributed by atoms with van der Waals surface area (Å²) in [5.74, 6) is 3.31. The molecule has 0 fully saturated rings. The van der Waals surface area contributed by atoms with Crippen LogP contribution in [0.1, 0.15) is 18.1 Å². The predicted octanol–water partition coefficient (Wildman–Crippen LogP) is 2.41. The minimum Gasteiger partial charge on any atom is -0.357 e. The van der Waals surface area contributed by atoms with Gasteiger partial charge >= 0.3 is 0 Å². The van der Waals surface area contributed by atoms with Crippen LogP contribution in [0.4, 0.5) is 0 Å². The molecule has 19 heavy (non-hydrogen) atoms. The Morgan fingerprint density at radius 3 is 2.84 bits per heavy atom. The summed E-state index contributed by atoms with van der Waals surface area (Å²) in [6.07, 6.45) is 7.33. The molecule has 0 saturated carbocycles. The molecular formula is C15H21N3S. The lowest BCUT2D eigenvalue weighted by molar-refractivity contribution is 0.861. The van der Waals surface area contributed by atoms with E-state index in [0.717, 1.165) is 12.5 Å². The Bertz CT molecular complexity index is 475. The molecule has 0 radical (unpaired) electrons. The Labute approximate surface area is 120 Å². The minimum absolute atomic E-state index is 0.481. The maximum Gasteiger partial charge on any atom is 0.192 e. The molecule has 0 heterocycles. The van der Waals surface area contributed by atoms with E-state index < -0.39 is 0 Å². The van der Waals surface area contributed by atoms with Crippen LogP contribution in [0.2, 0.25) is 0 Å². The quantitative estimate of drug-likeness (QED) is 0.375. The Morgan fingerprint density at radius 2 is 2.21 bits per heavy atom. The number of guanidine groups is 1. The highest BCUT2D eigenvalue weighted by Gasteiger charge is 2.02. The Hall–Kier alpha value is -1.60. The zero-order valence-corrected chi connectivity index (χ0v) is 12.6. The van der Waals surface area contributed by atoms with Crippen molar-refractivity contribution < 1.29 is 0 Å². The van der Waals surface area contributed by atoms with E-state index in [1.807, 2.05) is 6.92 Å². The molecule has 0 bridgehead atoms. The van der Waals surface area contributed by atoms with Gasteiger partial charge in [0.15, 0.2) is 5.96 Å². The third kappa shape index (κ3) is 5.27. The molecule has 0 saturated heterocycles. The zero-order chi connectivity index (χ0) is 14.1. The van der Waals surface area contributed by atoms with Crippen molar-refractivity contribution in [3.8, 4) is 12.3 Å². The maximum atomic E-state index is 5.24. The van der Waals surface area contributed by atoms with Crippen molar-refractivity contribution >= 4 is 17.7 Å². The smallest absolute Gasteiger partial charge is 0.192 e. The number of terminal acetylenes is 1. The molecule has 3 nitrogen and oxygen atoms in total. The minimum atomic E-state index is 0.481. The largest absolute Gasteiger partial charge is 0.357 e. The second-order valence-corrected chi connectivity index (χ2v) is 4.92. The summed E-state index contributed by atoms with van der Waals surface area (Å²) in [6.45, 7) is 6.09. The van der Waals surface area contributed by atoms with Gasteiger partial charge in [0.2, 0.25) is 0 Å². The van der Waals surface area contributed by atoms with Crippen LogP contribution in [-0.2, 0) is 6.54 Å². The third-order valence-electron chi connectivity index (χ3n) is 2.55. The van der Waals surface area contributed by atoms with E-state index in [0.29, 0.717) is 13.1 Å². The van der Waals surface area contributed by atoms with Crippen molar-refractivity contribution in [1.82, 2.24) is 10.6 Å². The van der Waals surface area contributed by atoms with Crippen molar-refractivity contribution in [2.45, 2.75) is 25.3 Å². The molecular weight excluding hydrogens is 254 g/mol. The van der Waals surface area contributed by atoms with E-state index in [-0.39, 0.29) is 0 Å². The van der Waals surface area contributed by atoms with Gasteiger partial charge in [-0.25, -0.2) is 4.99 Å². The molecule has 102 valence electrons. The lowest BCUT2D eigenvalue weighted by Crippen LogP contribution is -2.37. The van der Waals surface area contributed by atoms with Gasteiger partial charge in [-0.2, -0.15) is 0 Å².